The van der Waals surface area contributed by atoms with Gasteiger partial charge in [-0.05, 0) is 26.2 Å². The van der Waals surface area contributed by atoms with E-state index in [1.165, 1.54) is 6.92 Å². The fraction of sp³-hybridized carbons (Fsp3) is 0.857. The normalized spacial score (nSPS) is 17.0. The van der Waals surface area contributed by atoms with Crippen molar-refractivity contribution < 1.29 is 18.0 Å². The number of hydrogen-bond donors (Lipinski definition) is 1. The summed E-state index contributed by atoms with van der Waals surface area (Å²) >= 11 is 0. The van der Waals surface area contributed by atoms with Gasteiger partial charge in [0, 0.05) is 32.0 Å². The quantitative estimate of drug-likeness (QED) is 0.725. The molecule has 6 nitrogen and oxygen atoms in total. The van der Waals surface area contributed by atoms with Crippen molar-refractivity contribution in [2.24, 2.45) is 0 Å². The number of likely N-dealkylation sites (tertiary alicyclic amines) is 1. The maximum atomic E-state index is 11.9. The second-order valence-electron chi connectivity index (χ2n) is 5.65. The maximum Gasteiger partial charge on any atom is 0.223 e. The van der Waals surface area contributed by atoms with E-state index in [9.17, 15) is 18.0 Å². The van der Waals surface area contributed by atoms with E-state index in [4.69, 9.17) is 0 Å². The molecule has 0 saturated carbocycles. The van der Waals surface area contributed by atoms with E-state index in [0.29, 0.717) is 32.4 Å². The maximum absolute atomic E-state index is 11.9. The highest BCUT2D eigenvalue weighted by Gasteiger charge is 2.25. The molecule has 21 heavy (non-hydrogen) atoms. The van der Waals surface area contributed by atoms with Crippen LogP contribution in [0.25, 0.3) is 0 Å². The van der Waals surface area contributed by atoms with Crippen molar-refractivity contribution in [3.63, 3.8) is 0 Å². The third-order valence-corrected chi connectivity index (χ3v) is 5.17. The molecule has 0 spiro atoms. The lowest BCUT2D eigenvalue weighted by atomic mass is 10.1. The van der Waals surface area contributed by atoms with Crippen LogP contribution in [0.15, 0.2) is 0 Å². The van der Waals surface area contributed by atoms with Gasteiger partial charge in [0.05, 0.1) is 5.75 Å². The van der Waals surface area contributed by atoms with Crippen molar-refractivity contribution in [2.45, 2.75) is 58.4 Å². The Balaban J connectivity index is 2.35. The molecule has 0 aliphatic carbocycles. The van der Waals surface area contributed by atoms with Crippen molar-refractivity contribution in [3.8, 4) is 0 Å². The number of unbranched alkanes of at least 4 members (excludes halogenated alkanes) is 1. The third-order valence-electron chi connectivity index (χ3n) is 3.65. The van der Waals surface area contributed by atoms with Gasteiger partial charge in [-0.2, -0.15) is 0 Å². The summed E-state index contributed by atoms with van der Waals surface area (Å²) in [6.07, 6.45) is 3.32. The summed E-state index contributed by atoms with van der Waals surface area (Å²) in [6.45, 7) is 4.54. The Hall–Kier alpha value is -0.950. The van der Waals surface area contributed by atoms with Crippen LogP contribution in [0.5, 0.6) is 0 Å². The number of Topliss-reactive ketones (excluding diaryl/α,β-unsaturated/α-hetero) is 1. The summed E-state index contributed by atoms with van der Waals surface area (Å²) in [5.74, 6) is 0.167. The lowest BCUT2D eigenvalue weighted by Gasteiger charge is -2.32. The second kappa shape index (κ2) is 8.48. The van der Waals surface area contributed by atoms with E-state index in [1.54, 1.807) is 4.90 Å². The van der Waals surface area contributed by atoms with Gasteiger partial charge in [-0.25, -0.2) is 13.1 Å². The van der Waals surface area contributed by atoms with Gasteiger partial charge in [0.25, 0.3) is 0 Å². The van der Waals surface area contributed by atoms with E-state index >= 15 is 0 Å². The Labute approximate surface area is 127 Å². The minimum Gasteiger partial charge on any atom is -0.343 e. The summed E-state index contributed by atoms with van der Waals surface area (Å²) in [4.78, 5) is 24.5. The summed E-state index contributed by atoms with van der Waals surface area (Å²) < 4.78 is 26.4. The largest absolute Gasteiger partial charge is 0.343 e. The van der Waals surface area contributed by atoms with Gasteiger partial charge in [-0.1, -0.05) is 13.3 Å². The number of amides is 1. The average molecular weight is 318 g/mol. The van der Waals surface area contributed by atoms with Crippen LogP contribution in [0.4, 0.5) is 0 Å². The molecule has 1 aliphatic rings. The van der Waals surface area contributed by atoms with Crippen LogP contribution in [0, 0.1) is 0 Å². The molecule has 0 atom stereocenters. The molecule has 122 valence electrons. The molecule has 1 amide bonds. The molecule has 1 rings (SSSR count). The molecular formula is C14H26N2O4S. The number of piperidine rings is 1. The van der Waals surface area contributed by atoms with Crippen molar-refractivity contribution in [3.05, 3.63) is 0 Å². The Kier molecular flexibility index (Phi) is 7.31. The first-order valence-electron chi connectivity index (χ1n) is 7.61. The number of nitrogens with one attached hydrogen (secondary N) is 1. The number of ketones is 1. The minimum atomic E-state index is -3.20. The van der Waals surface area contributed by atoms with Crippen LogP contribution in [0.1, 0.15) is 52.4 Å². The highest BCUT2D eigenvalue weighted by molar-refractivity contribution is 7.89. The van der Waals surface area contributed by atoms with Gasteiger partial charge in [0.1, 0.15) is 5.78 Å². The van der Waals surface area contributed by atoms with Crippen molar-refractivity contribution in [1.82, 2.24) is 9.62 Å². The molecule has 1 fully saturated rings. The Morgan fingerprint density at radius 2 is 1.81 bits per heavy atom. The zero-order valence-electron chi connectivity index (χ0n) is 12.9. The highest BCUT2D eigenvalue weighted by Crippen LogP contribution is 2.13. The van der Waals surface area contributed by atoms with Crippen LogP contribution >= 0.6 is 0 Å². The smallest absolute Gasteiger partial charge is 0.223 e. The number of rotatable bonds is 8. The molecule has 0 aromatic heterocycles. The van der Waals surface area contributed by atoms with Gasteiger partial charge >= 0.3 is 0 Å². The first-order valence-corrected chi connectivity index (χ1v) is 9.26. The number of nitrogens with zero attached hydrogens (tertiary/aromatic N) is 1. The molecule has 1 aliphatic heterocycles. The van der Waals surface area contributed by atoms with Crippen LogP contribution in [-0.2, 0) is 19.6 Å². The van der Waals surface area contributed by atoms with E-state index in [2.05, 4.69) is 4.72 Å². The third kappa shape index (κ3) is 7.04. The van der Waals surface area contributed by atoms with Crippen LogP contribution in [0.2, 0.25) is 0 Å². The molecule has 7 heteroatoms. The van der Waals surface area contributed by atoms with Gasteiger partial charge in [0.2, 0.25) is 15.9 Å². The van der Waals surface area contributed by atoms with E-state index in [0.717, 1.165) is 6.42 Å². The Morgan fingerprint density at radius 3 is 2.33 bits per heavy atom. The molecule has 1 heterocycles. The van der Waals surface area contributed by atoms with Crippen LogP contribution < -0.4 is 4.72 Å². The van der Waals surface area contributed by atoms with E-state index < -0.39 is 10.0 Å². The molecule has 0 aromatic carbocycles. The predicted molar refractivity (Wildman–Crippen MR) is 81.3 cm³/mol. The number of sulfonamides is 1. The number of carbonyl (C=O) groups excluding carboxylic acids is 2. The predicted octanol–water partition coefficient (Wildman–Crippen LogP) is 1.07. The van der Waals surface area contributed by atoms with E-state index in [1.807, 2.05) is 6.92 Å². The van der Waals surface area contributed by atoms with E-state index in [-0.39, 0.29) is 36.3 Å². The molecule has 0 radical (unpaired) electrons. The van der Waals surface area contributed by atoms with Gasteiger partial charge in [-0.15, -0.1) is 0 Å². The first kappa shape index (κ1) is 18.1. The van der Waals surface area contributed by atoms with Crippen molar-refractivity contribution >= 4 is 21.7 Å². The van der Waals surface area contributed by atoms with Gasteiger partial charge < -0.3 is 9.69 Å². The van der Waals surface area contributed by atoms with Gasteiger partial charge in [-0.3, -0.25) is 4.79 Å². The first-order chi connectivity index (χ1) is 9.84. The molecule has 0 unspecified atom stereocenters. The highest BCUT2D eigenvalue weighted by atomic mass is 32.2. The second-order valence-corrected chi connectivity index (χ2v) is 7.52. The molecule has 1 saturated heterocycles. The SMILES string of the molecule is CCCCS(=O)(=O)NC1CCN(C(=O)CCC(C)=O)CC1. The zero-order valence-corrected chi connectivity index (χ0v) is 13.7. The standard InChI is InChI=1S/C14H26N2O4S/c1-3-4-11-21(19,20)15-13-7-9-16(10-8-13)14(18)6-5-12(2)17/h13,15H,3-11H2,1-2H3. The Morgan fingerprint density at radius 1 is 1.19 bits per heavy atom. The minimum absolute atomic E-state index is 0.0157. The monoisotopic (exact) mass is 318 g/mol. The molecule has 1 N–H and O–H groups in total. The van der Waals surface area contributed by atoms with Crippen LogP contribution in [0.3, 0.4) is 0 Å². The lowest BCUT2D eigenvalue weighted by Crippen LogP contribution is -2.47. The fourth-order valence-electron chi connectivity index (χ4n) is 2.34. The topological polar surface area (TPSA) is 83.6 Å². The average Bonchev–Trinajstić information content (AvgIpc) is 2.43. The number of hydrogen-bond acceptors (Lipinski definition) is 4. The van der Waals surface area contributed by atoms with Crippen LogP contribution in [-0.4, -0.2) is 49.9 Å². The summed E-state index contributed by atoms with van der Waals surface area (Å²) in [7, 11) is -3.20. The Bertz CT molecular complexity index is 454. The summed E-state index contributed by atoms with van der Waals surface area (Å²) in [5.41, 5.74) is 0. The van der Waals surface area contributed by atoms with Crippen molar-refractivity contribution in [1.29, 1.82) is 0 Å². The number of carbonyl (C=O) groups is 2. The van der Waals surface area contributed by atoms with Crippen molar-refractivity contribution in [2.75, 3.05) is 18.8 Å². The molecule has 0 aromatic rings. The lowest BCUT2D eigenvalue weighted by molar-refractivity contribution is -0.133. The summed E-state index contributed by atoms with van der Waals surface area (Å²) in [6, 6.07) is -0.0799. The molecular weight excluding hydrogens is 292 g/mol. The fourth-order valence-corrected chi connectivity index (χ4v) is 3.87. The summed E-state index contributed by atoms with van der Waals surface area (Å²) in [5, 5.41) is 0. The van der Waals surface area contributed by atoms with Gasteiger partial charge in [0.15, 0.2) is 0 Å². The zero-order chi connectivity index (χ0) is 15.9. The molecule has 0 bridgehead atoms.